The Labute approximate surface area is 170 Å². The van der Waals surface area contributed by atoms with Gasteiger partial charge in [0.1, 0.15) is 6.04 Å². The van der Waals surface area contributed by atoms with Crippen LogP contribution in [-0.4, -0.2) is 37.2 Å². The number of nitrogens with zero attached hydrogens (tertiary/aromatic N) is 5. The highest BCUT2D eigenvalue weighted by molar-refractivity contribution is 5.44. The van der Waals surface area contributed by atoms with Gasteiger partial charge in [-0.15, -0.1) is 5.10 Å². The van der Waals surface area contributed by atoms with Gasteiger partial charge in [-0.2, -0.15) is 0 Å². The molecule has 9 nitrogen and oxygen atoms in total. The molecule has 4 rings (SSSR count). The Morgan fingerprint density at radius 1 is 1.10 bits per heavy atom. The maximum Gasteiger partial charge on any atom is 0.274 e. The van der Waals surface area contributed by atoms with Gasteiger partial charge in [-0.1, -0.05) is 37.5 Å². The Kier molecular flexibility index (Phi) is 6.15. The minimum atomic E-state index is -0.423. The van der Waals surface area contributed by atoms with Gasteiger partial charge >= 0.3 is 0 Å². The summed E-state index contributed by atoms with van der Waals surface area (Å²) in [5, 5.41) is 28.0. The molecule has 0 radical (unpaired) electrons. The normalized spacial score (nSPS) is 24.3. The van der Waals surface area contributed by atoms with Crippen LogP contribution in [-0.2, 0) is 0 Å². The second kappa shape index (κ2) is 8.96. The Morgan fingerprint density at radius 2 is 1.83 bits per heavy atom. The molecule has 0 spiro atoms. The monoisotopic (exact) mass is 399 g/mol. The summed E-state index contributed by atoms with van der Waals surface area (Å²) in [4.78, 5) is 11.4. The molecule has 2 saturated carbocycles. The Bertz CT molecular complexity index is 826. The number of hydrogen-bond acceptors (Lipinski definition) is 7. The second-order valence-corrected chi connectivity index (χ2v) is 8.30. The van der Waals surface area contributed by atoms with Crippen molar-refractivity contribution in [3.63, 3.8) is 0 Å². The van der Waals surface area contributed by atoms with E-state index in [0.29, 0.717) is 11.4 Å². The lowest BCUT2D eigenvalue weighted by Gasteiger charge is -2.31. The van der Waals surface area contributed by atoms with E-state index >= 15 is 0 Å². The van der Waals surface area contributed by atoms with Crippen molar-refractivity contribution in [1.82, 2.24) is 25.5 Å². The molecule has 156 valence electrons. The van der Waals surface area contributed by atoms with Crippen LogP contribution in [0.15, 0.2) is 24.3 Å². The van der Waals surface area contributed by atoms with Crippen molar-refractivity contribution < 1.29 is 4.92 Å². The predicted octanol–water partition coefficient (Wildman–Crippen LogP) is 3.04. The van der Waals surface area contributed by atoms with Gasteiger partial charge in [0, 0.05) is 18.2 Å². The van der Waals surface area contributed by atoms with Crippen LogP contribution in [0.3, 0.4) is 0 Å². The summed E-state index contributed by atoms with van der Waals surface area (Å²) in [5.41, 5.74) is 6.77. The van der Waals surface area contributed by atoms with Crippen LogP contribution < -0.4 is 11.1 Å². The van der Waals surface area contributed by atoms with Crippen LogP contribution in [0, 0.1) is 10.1 Å². The minimum absolute atomic E-state index is 0.0932. The van der Waals surface area contributed by atoms with Gasteiger partial charge in [0.15, 0.2) is 5.82 Å². The summed E-state index contributed by atoms with van der Waals surface area (Å²) < 4.78 is 1.90. The zero-order valence-corrected chi connectivity index (χ0v) is 16.6. The fraction of sp³-hybridized carbons (Fsp3) is 0.650. The largest absolute Gasteiger partial charge is 0.328 e. The maximum atomic E-state index is 11.7. The van der Waals surface area contributed by atoms with Gasteiger partial charge in [0.2, 0.25) is 0 Å². The fourth-order valence-corrected chi connectivity index (χ4v) is 4.70. The first-order valence-corrected chi connectivity index (χ1v) is 10.7. The Hall–Kier alpha value is -2.39. The van der Waals surface area contributed by atoms with Crippen molar-refractivity contribution in [3.8, 4) is 0 Å². The molecule has 0 bridgehead atoms. The third-order valence-electron chi connectivity index (χ3n) is 6.32. The number of aromatic nitrogens is 4. The van der Waals surface area contributed by atoms with Crippen LogP contribution in [0.25, 0.3) is 0 Å². The Morgan fingerprint density at radius 3 is 2.55 bits per heavy atom. The van der Waals surface area contributed by atoms with E-state index in [-0.39, 0.29) is 28.7 Å². The highest BCUT2D eigenvalue weighted by Gasteiger charge is 2.33. The molecule has 0 amide bonds. The van der Waals surface area contributed by atoms with Gasteiger partial charge in [-0.3, -0.25) is 10.1 Å². The third kappa shape index (κ3) is 4.45. The topological polar surface area (TPSA) is 125 Å². The van der Waals surface area contributed by atoms with E-state index in [1.807, 2.05) is 16.8 Å². The number of nitrogens with two attached hydrogens (primary N) is 1. The molecule has 1 aromatic heterocycles. The first-order chi connectivity index (χ1) is 14.1. The SMILES string of the molecule is NC1CCC(NC(c2ccccc2[N+](=O)[O-])c2nnnn2C2CCCCC2)CC1. The van der Waals surface area contributed by atoms with E-state index in [0.717, 1.165) is 51.4 Å². The molecule has 1 aromatic carbocycles. The number of rotatable bonds is 6. The lowest BCUT2D eigenvalue weighted by atomic mass is 9.90. The van der Waals surface area contributed by atoms with E-state index in [1.165, 1.54) is 6.42 Å². The predicted molar refractivity (Wildman–Crippen MR) is 108 cm³/mol. The van der Waals surface area contributed by atoms with Crippen LogP contribution in [0.2, 0.25) is 0 Å². The van der Waals surface area contributed by atoms with Crippen LogP contribution in [0.5, 0.6) is 0 Å². The summed E-state index contributed by atoms with van der Waals surface area (Å²) >= 11 is 0. The van der Waals surface area contributed by atoms with Crippen LogP contribution in [0.1, 0.15) is 81.3 Å². The van der Waals surface area contributed by atoms with Gasteiger partial charge in [0.05, 0.1) is 16.5 Å². The first kappa shape index (κ1) is 19.9. The standard InChI is InChI=1S/C20H29N7O2/c21-14-10-12-15(13-11-14)22-19(17-8-4-5-9-18(17)27(28)29)20-23-24-25-26(20)16-6-2-1-3-7-16/h4-5,8-9,14-16,19,22H,1-3,6-7,10-13,21H2. The van der Waals surface area contributed by atoms with Gasteiger partial charge in [0.25, 0.3) is 5.69 Å². The highest BCUT2D eigenvalue weighted by atomic mass is 16.6. The molecule has 9 heteroatoms. The molecule has 2 aliphatic carbocycles. The van der Waals surface area contributed by atoms with E-state index < -0.39 is 6.04 Å². The lowest BCUT2D eigenvalue weighted by Crippen LogP contribution is -2.40. The van der Waals surface area contributed by atoms with Crippen molar-refractivity contribution in [2.75, 3.05) is 0 Å². The quantitative estimate of drug-likeness (QED) is 0.565. The van der Waals surface area contributed by atoms with Crippen molar-refractivity contribution in [1.29, 1.82) is 0 Å². The third-order valence-corrected chi connectivity index (χ3v) is 6.32. The summed E-state index contributed by atoms with van der Waals surface area (Å²) in [6.07, 6.45) is 9.44. The molecular weight excluding hydrogens is 370 g/mol. The summed E-state index contributed by atoms with van der Waals surface area (Å²) in [6, 6.07) is 7.19. The zero-order chi connectivity index (χ0) is 20.2. The number of tetrazole rings is 1. The average molecular weight is 399 g/mol. The molecule has 2 aromatic rings. The minimum Gasteiger partial charge on any atom is -0.328 e. The number of nitrogens with one attached hydrogen (secondary N) is 1. The van der Waals surface area contributed by atoms with Crippen LogP contribution >= 0.6 is 0 Å². The van der Waals surface area contributed by atoms with E-state index in [9.17, 15) is 10.1 Å². The smallest absolute Gasteiger partial charge is 0.274 e. The Balaban J connectivity index is 1.70. The fourth-order valence-electron chi connectivity index (χ4n) is 4.70. The number of benzene rings is 1. The molecule has 1 atom stereocenters. The summed E-state index contributed by atoms with van der Waals surface area (Å²) in [7, 11) is 0. The maximum absolute atomic E-state index is 11.7. The van der Waals surface area contributed by atoms with Crippen molar-refractivity contribution in [3.05, 3.63) is 45.8 Å². The first-order valence-electron chi connectivity index (χ1n) is 10.7. The average Bonchev–Trinajstić information content (AvgIpc) is 3.23. The van der Waals surface area contributed by atoms with Crippen molar-refractivity contribution >= 4 is 5.69 Å². The lowest BCUT2D eigenvalue weighted by molar-refractivity contribution is -0.385. The number of nitro groups is 1. The van der Waals surface area contributed by atoms with Crippen LogP contribution in [0.4, 0.5) is 5.69 Å². The molecule has 1 heterocycles. The van der Waals surface area contributed by atoms with Gasteiger partial charge in [-0.05, 0) is 49.0 Å². The molecular formula is C20H29N7O2. The number of para-hydroxylation sites is 1. The molecule has 3 N–H and O–H groups in total. The summed E-state index contributed by atoms with van der Waals surface area (Å²) in [5.74, 6) is 0.668. The van der Waals surface area contributed by atoms with Gasteiger partial charge in [-0.25, -0.2) is 4.68 Å². The highest BCUT2D eigenvalue weighted by Crippen LogP contribution is 2.34. The number of hydrogen-bond donors (Lipinski definition) is 2. The van der Waals surface area contributed by atoms with Crippen molar-refractivity contribution in [2.45, 2.75) is 82.0 Å². The van der Waals surface area contributed by atoms with Crippen molar-refractivity contribution in [2.24, 2.45) is 5.73 Å². The van der Waals surface area contributed by atoms with E-state index in [2.05, 4.69) is 20.8 Å². The molecule has 1 unspecified atom stereocenters. The van der Waals surface area contributed by atoms with Gasteiger partial charge < -0.3 is 11.1 Å². The summed E-state index contributed by atoms with van der Waals surface area (Å²) in [6.45, 7) is 0. The van der Waals surface area contributed by atoms with E-state index in [1.54, 1.807) is 12.1 Å². The number of nitro benzene ring substituents is 1. The van der Waals surface area contributed by atoms with E-state index in [4.69, 9.17) is 5.73 Å². The zero-order valence-electron chi connectivity index (χ0n) is 16.6. The molecule has 0 saturated heterocycles. The molecule has 29 heavy (non-hydrogen) atoms. The second-order valence-electron chi connectivity index (χ2n) is 8.30. The molecule has 2 fully saturated rings. The molecule has 2 aliphatic rings. The molecule has 0 aliphatic heterocycles.